The van der Waals surface area contributed by atoms with Crippen molar-refractivity contribution in [2.24, 2.45) is 11.8 Å². The molecule has 4 unspecified atom stereocenters. The molecule has 0 radical (unpaired) electrons. The number of hydrogen-bond donors (Lipinski definition) is 1. The molecule has 5 heteroatoms. The second kappa shape index (κ2) is 7.38. The van der Waals surface area contributed by atoms with E-state index in [2.05, 4.69) is 17.4 Å². The number of likely N-dealkylation sites (tertiary alicyclic amines) is 1. The highest BCUT2D eigenvalue weighted by atomic mass is 16.2. The average molecular weight is 378 g/mol. The second-order valence-corrected chi connectivity index (χ2v) is 8.06. The number of nitrogens with one attached hydrogen (secondary N) is 1. The van der Waals surface area contributed by atoms with E-state index >= 15 is 0 Å². The molecule has 5 nitrogen and oxygen atoms in total. The molecule has 4 atom stereocenters. The molecule has 146 valence electrons. The van der Waals surface area contributed by atoms with Crippen molar-refractivity contribution >= 4 is 28.5 Å². The van der Waals surface area contributed by atoms with Gasteiger partial charge in [0.15, 0.2) is 0 Å². The Morgan fingerprint density at radius 2 is 1.57 bits per heavy atom. The van der Waals surface area contributed by atoms with Gasteiger partial charge in [-0.1, -0.05) is 49.2 Å². The molecule has 1 aliphatic carbocycles. The zero-order chi connectivity index (χ0) is 19.8. The fourth-order valence-electron chi connectivity index (χ4n) is 4.58. The van der Waals surface area contributed by atoms with Crippen LogP contribution >= 0.6 is 0 Å². The lowest BCUT2D eigenvalue weighted by molar-refractivity contribution is -0.147. The number of imide groups is 1. The summed E-state index contributed by atoms with van der Waals surface area (Å²) in [5.74, 6) is -1.09. The van der Waals surface area contributed by atoms with Gasteiger partial charge in [0.25, 0.3) is 0 Å². The molecule has 28 heavy (non-hydrogen) atoms. The molecule has 2 aromatic carbocycles. The quantitative estimate of drug-likeness (QED) is 0.827. The minimum Gasteiger partial charge on any atom is -0.348 e. The van der Waals surface area contributed by atoms with Gasteiger partial charge in [-0.3, -0.25) is 19.3 Å². The Morgan fingerprint density at radius 3 is 2.21 bits per heavy atom. The van der Waals surface area contributed by atoms with E-state index in [4.69, 9.17) is 0 Å². The van der Waals surface area contributed by atoms with Gasteiger partial charge < -0.3 is 5.32 Å². The van der Waals surface area contributed by atoms with Gasteiger partial charge in [0.2, 0.25) is 17.7 Å². The van der Waals surface area contributed by atoms with Gasteiger partial charge in [-0.2, -0.15) is 0 Å². The fraction of sp³-hybridized carbons (Fsp3) is 0.435. The molecule has 2 fully saturated rings. The van der Waals surface area contributed by atoms with Crippen molar-refractivity contribution in [3.8, 4) is 0 Å². The Morgan fingerprint density at radius 1 is 0.964 bits per heavy atom. The second-order valence-electron chi connectivity index (χ2n) is 8.06. The average Bonchev–Trinajstić information content (AvgIpc) is 2.97. The van der Waals surface area contributed by atoms with Gasteiger partial charge >= 0.3 is 0 Å². The number of carbonyl (C=O) groups excluding carboxylic acids is 3. The van der Waals surface area contributed by atoms with Crippen LogP contribution in [0.2, 0.25) is 0 Å². The van der Waals surface area contributed by atoms with Crippen LogP contribution in [0.25, 0.3) is 10.8 Å². The first-order valence-electron chi connectivity index (χ1n) is 10.1. The van der Waals surface area contributed by atoms with Gasteiger partial charge in [0, 0.05) is 0 Å². The first kappa shape index (κ1) is 18.7. The lowest BCUT2D eigenvalue weighted by Crippen LogP contribution is -2.48. The van der Waals surface area contributed by atoms with Crippen LogP contribution in [0.5, 0.6) is 0 Å². The van der Waals surface area contributed by atoms with E-state index in [-0.39, 0.29) is 35.6 Å². The highest BCUT2D eigenvalue weighted by Gasteiger charge is 2.50. The first-order chi connectivity index (χ1) is 13.5. The van der Waals surface area contributed by atoms with Crippen LogP contribution in [0.1, 0.15) is 51.1 Å². The van der Waals surface area contributed by atoms with E-state index in [1.807, 2.05) is 37.3 Å². The molecule has 2 aromatic rings. The predicted octanol–water partition coefficient (Wildman–Crippen LogP) is 3.58. The van der Waals surface area contributed by atoms with Crippen molar-refractivity contribution < 1.29 is 14.4 Å². The third-order valence-corrected chi connectivity index (χ3v) is 6.27. The lowest BCUT2D eigenvalue weighted by Gasteiger charge is -2.24. The normalized spacial score (nSPS) is 24.1. The fourth-order valence-corrected chi connectivity index (χ4v) is 4.58. The van der Waals surface area contributed by atoms with Crippen LogP contribution in [0.4, 0.5) is 0 Å². The summed E-state index contributed by atoms with van der Waals surface area (Å²) < 4.78 is 0. The zero-order valence-electron chi connectivity index (χ0n) is 16.4. The molecule has 4 rings (SSSR count). The largest absolute Gasteiger partial charge is 0.348 e. The SMILES string of the molecule is CC(NC(=O)C(C)N1C(=O)C2CCCCC2C1=O)c1ccc2ccccc2c1. The molecule has 0 bridgehead atoms. The van der Waals surface area contributed by atoms with E-state index in [0.29, 0.717) is 0 Å². The predicted molar refractivity (Wildman–Crippen MR) is 107 cm³/mol. The van der Waals surface area contributed by atoms with Crippen molar-refractivity contribution in [2.75, 3.05) is 0 Å². The van der Waals surface area contributed by atoms with Crippen molar-refractivity contribution in [2.45, 2.75) is 51.6 Å². The standard InChI is InChI=1S/C23H26N2O3/c1-14(17-12-11-16-7-3-4-8-18(16)13-17)24-21(26)15(2)25-22(27)19-9-5-6-10-20(19)23(25)28/h3-4,7-8,11-15,19-20H,5-6,9-10H2,1-2H3,(H,24,26). The number of amides is 3. The molecule has 1 N–H and O–H groups in total. The number of benzene rings is 2. The van der Waals surface area contributed by atoms with Crippen LogP contribution in [0.3, 0.4) is 0 Å². The van der Waals surface area contributed by atoms with Crippen molar-refractivity contribution in [3.63, 3.8) is 0 Å². The zero-order valence-corrected chi connectivity index (χ0v) is 16.4. The van der Waals surface area contributed by atoms with Crippen molar-refractivity contribution in [1.29, 1.82) is 0 Å². The summed E-state index contributed by atoms with van der Waals surface area (Å²) in [7, 11) is 0. The van der Waals surface area contributed by atoms with Crippen LogP contribution in [0, 0.1) is 11.8 Å². The molecule has 2 aliphatic rings. The summed E-state index contributed by atoms with van der Waals surface area (Å²) in [6.07, 6.45) is 3.47. The summed E-state index contributed by atoms with van der Waals surface area (Å²) in [6.45, 7) is 3.57. The van der Waals surface area contributed by atoms with Crippen LogP contribution in [0.15, 0.2) is 42.5 Å². The Labute approximate surface area is 165 Å². The highest BCUT2D eigenvalue weighted by Crippen LogP contribution is 2.38. The Balaban J connectivity index is 1.47. The maximum Gasteiger partial charge on any atom is 0.243 e. The number of hydrogen-bond acceptors (Lipinski definition) is 3. The van der Waals surface area contributed by atoms with Crippen molar-refractivity contribution in [3.05, 3.63) is 48.0 Å². The summed E-state index contributed by atoms with van der Waals surface area (Å²) in [4.78, 5) is 39.5. The topological polar surface area (TPSA) is 66.5 Å². The number of fused-ring (bicyclic) bond motifs is 2. The lowest BCUT2D eigenvalue weighted by atomic mass is 9.81. The van der Waals surface area contributed by atoms with Gasteiger partial charge in [0.05, 0.1) is 17.9 Å². The Kier molecular flexibility index (Phi) is 4.92. The molecular formula is C23H26N2O3. The van der Waals surface area contributed by atoms with E-state index in [9.17, 15) is 14.4 Å². The maximum atomic E-state index is 12.8. The molecule has 0 spiro atoms. The molecular weight excluding hydrogens is 352 g/mol. The molecule has 3 amide bonds. The van der Waals surface area contributed by atoms with Crippen LogP contribution in [-0.4, -0.2) is 28.7 Å². The van der Waals surface area contributed by atoms with Crippen molar-refractivity contribution in [1.82, 2.24) is 10.2 Å². The number of nitrogens with zero attached hydrogens (tertiary/aromatic N) is 1. The minimum absolute atomic E-state index is 0.171. The van der Waals surface area contributed by atoms with Gasteiger partial charge in [-0.15, -0.1) is 0 Å². The van der Waals surface area contributed by atoms with Gasteiger partial charge in [-0.05, 0) is 49.1 Å². The third-order valence-electron chi connectivity index (χ3n) is 6.27. The minimum atomic E-state index is -0.784. The van der Waals surface area contributed by atoms with E-state index in [1.165, 1.54) is 4.90 Å². The van der Waals surface area contributed by atoms with Gasteiger partial charge in [0.1, 0.15) is 6.04 Å². The first-order valence-corrected chi connectivity index (χ1v) is 10.1. The Hall–Kier alpha value is -2.69. The summed E-state index contributed by atoms with van der Waals surface area (Å²) in [5, 5.41) is 5.24. The van der Waals surface area contributed by atoms with Gasteiger partial charge in [-0.25, -0.2) is 0 Å². The molecule has 1 heterocycles. The Bertz CT molecular complexity index is 914. The summed E-state index contributed by atoms with van der Waals surface area (Å²) in [6, 6.07) is 13.2. The monoisotopic (exact) mass is 378 g/mol. The van der Waals surface area contributed by atoms with E-state index in [0.717, 1.165) is 42.0 Å². The molecule has 1 saturated heterocycles. The third kappa shape index (κ3) is 3.19. The van der Waals surface area contributed by atoms with Crippen LogP contribution < -0.4 is 5.32 Å². The van der Waals surface area contributed by atoms with E-state index < -0.39 is 6.04 Å². The molecule has 1 aliphatic heterocycles. The maximum absolute atomic E-state index is 12.8. The number of rotatable bonds is 4. The summed E-state index contributed by atoms with van der Waals surface area (Å²) in [5.41, 5.74) is 0.993. The smallest absolute Gasteiger partial charge is 0.243 e. The van der Waals surface area contributed by atoms with Crippen LogP contribution in [-0.2, 0) is 14.4 Å². The molecule has 0 aromatic heterocycles. The summed E-state index contributed by atoms with van der Waals surface area (Å²) >= 11 is 0. The molecule has 1 saturated carbocycles. The highest BCUT2D eigenvalue weighted by molar-refractivity contribution is 6.08. The number of carbonyl (C=O) groups is 3. The van der Waals surface area contributed by atoms with E-state index in [1.54, 1.807) is 6.92 Å².